The number of rotatable bonds is 10. The highest BCUT2D eigenvalue weighted by atomic mass is 32.2. The topological polar surface area (TPSA) is 51.0 Å². The van der Waals surface area contributed by atoms with Gasteiger partial charge in [-0.2, -0.15) is 24.9 Å². The molecule has 0 radical (unpaired) electrons. The maximum absolute atomic E-state index is 13.1. The van der Waals surface area contributed by atoms with Gasteiger partial charge in [0.25, 0.3) is 0 Å². The number of aromatic amines is 1. The lowest BCUT2D eigenvalue weighted by atomic mass is 10.2. The zero-order chi connectivity index (χ0) is 24.2. The lowest BCUT2D eigenvalue weighted by Gasteiger charge is -2.25. The minimum atomic E-state index is -4.41. The molecule has 0 unspecified atom stereocenters. The second kappa shape index (κ2) is 10.3. The average molecular weight is 483 g/mol. The lowest BCUT2D eigenvalue weighted by Crippen LogP contribution is -2.38. The van der Waals surface area contributed by atoms with Crippen LogP contribution in [0.15, 0.2) is 30.5 Å². The first-order valence-corrected chi connectivity index (χ1v) is 12.1. The fourth-order valence-electron chi connectivity index (χ4n) is 3.49. The fraction of sp³-hybridized carbons (Fsp3) is 0.500. The molecule has 33 heavy (non-hydrogen) atoms. The number of halogens is 3. The van der Waals surface area contributed by atoms with Crippen molar-refractivity contribution in [3.63, 3.8) is 0 Å². The van der Waals surface area contributed by atoms with Crippen molar-refractivity contribution < 1.29 is 27.2 Å². The summed E-state index contributed by atoms with van der Waals surface area (Å²) in [5.74, 6) is 2.66. The molecule has 0 aliphatic carbocycles. The normalized spacial score (nSPS) is 12.5. The number of pyridine rings is 1. The second-order valence-corrected chi connectivity index (χ2v) is 9.56. The fourth-order valence-corrected chi connectivity index (χ4v) is 4.72. The Morgan fingerprint density at radius 2 is 1.94 bits per heavy atom. The molecule has 2 aromatic heterocycles. The molecule has 1 aromatic carbocycles. The van der Waals surface area contributed by atoms with E-state index < -0.39 is 11.7 Å². The second-order valence-electron chi connectivity index (χ2n) is 8.57. The Labute approximate surface area is 196 Å². The summed E-state index contributed by atoms with van der Waals surface area (Å²) in [6.07, 6.45) is -0.455. The van der Waals surface area contributed by atoms with Crippen LogP contribution in [0.5, 0.6) is 5.75 Å². The monoisotopic (exact) mass is 482 g/mol. The highest BCUT2D eigenvalue weighted by molar-refractivity contribution is 7.98. The van der Waals surface area contributed by atoms with Crippen LogP contribution in [0.2, 0.25) is 0 Å². The number of H-pyrrole nitrogens is 1. The minimum absolute atomic E-state index is 0.259. The van der Waals surface area contributed by atoms with Gasteiger partial charge in [-0.05, 0) is 45.4 Å². The predicted octanol–water partition coefficient (Wildman–Crippen LogP) is 6.00. The highest BCUT2D eigenvalue weighted by Gasteiger charge is 2.32. The molecule has 0 bridgehead atoms. The van der Waals surface area contributed by atoms with Gasteiger partial charge in [-0.1, -0.05) is 18.3 Å². The van der Waals surface area contributed by atoms with Gasteiger partial charge in [0.2, 0.25) is 0 Å². The van der Waals surface area contributed by atoms with Gasteiger partial charge in [0.05, 0.1) is 24.5 Å². The number of hydrogen-bond donors (Lipinski definition) is 1. The van der Waals surface area contributed by atoms with Gasteiger partial charge >= 0.3 is 12.1 Å². The first-order valence-electron chi connectivity index (χ1n) is 10.9. The van der Waals surface area contributed by atoms with Crippen molar-refractivity contribution in [3.05, 3.63) is 47.3 Å². The SMILES string of the molecule is CCCCOC(C)(C)CSCc1c(C)c(OC)cc[n+]1-c1nc2ccc(C(F)(F)F)cc2[nH]1. The number of hydrogen-bond acceptors (Lipinski definition) is 4. The molecule has 0 saturated heterocycles. The van der Waals surface area contributed by atoms with Crippen LogP contribution < -0.4 is 9.30 Å². The van der Waals surface area contributed by atoms with Gasteiger partial charge in [-0.3, -0.25) is 0 Å². The molecule has 2 heterocycles. The summed E-state index contributed by atoms with van der Waals surface area (Å²) < 4.78 is 52.7. The molecule has 0 saturated carbocycles. The largest absolute Gasteiger partial charge is 0.496 e. The molecule has 1 N–H and O–H groups in total. The minimum Gasteiger partial charge on any atom is -0.496 e. The zero-order valence-electron chi connectivity index (χ0n) is 19.7. The Hall–Kier alpha value is -2.26. The number of methoxy groups -OCH3 is 1. The maximum Gasteiger partial charge on any atom is 0.416 e. The molecule has 0 aliphatic rings. The number of fused-ring (bicyclic) bond motifs is 1. The van der Waals surface area contributed by atoms with E-state index in [1.54, 1.807) is 18.9 Å². The molecule has 0 fully saturated rings. The van der Waals surface area contributed by atoms with E-state index in [4.69, 9.17) is 9.47 Å². The van der Waals surface area contributed by atoms with E-state index in [9.17, 15) is 13.2 Å². The molecule has 3 aromatic rings. The van der Waals surface area contributed by atoms with Gasteiger partial charge in [0.1, 0.15) is 17.0 Å². The van der Waals surface area contributed by atoms with E-state index in [-0.39, 0.29) is 5.60 Å². The van der Waals surface area contributed by atoms with Crippen molar-refractivity contribution in [1.82, 2.24) is 9.97 Å². The van der Waals surface area contributed by atoms with Crippen LogP contribution in [0.1, 0.15) is 50.4 Å². The van der Waals surface area contributed by atoms with Crippen LogP contribution in [0, 0.1) is 6.92 Å². The molecule has 0 aliphatic heterocycles. The molecular formula is C24H31F3N3O2S+. The number of alkyl halides is 3. The van der Waals surface area contributed by atoms with E-state index in [2.05, 4.69) is 30.7 Å². The third kappa shape index (κ3) is 6.20. The van der Waals surface area contributed by atoms with Crippen LogP contribution in [-0.2, 0) is 16.7 Å². The molecular weight excluding hydrogens is 451 g/mol. The van der Waals surface area contributed by atoms with E-state index in [1.165, 1.54) is 6.07 Å². The van der Waals surface area contributed by atoms with Crippen molar-refractivity contribution in [2.24, 2.45) is 0 Å². The molecule has 5 nitrogen and oxygen atoms in total. The number of ether oxygens (including phenoxy) is 2. The Bertz CT molecular complexity index is 1100. The smallest absolute Gasteiger partial charge is 0.416 e. The van der Waals surface area contributed by atoms with E-state index >= 15 is 0 Å². The summed E-state index contributed by atoms with van der Waals surface area (Å²) in [6, 6.07) is 5.36. The third-order valence-corrected chi connectivity index (χ3v) is 6.77. The Morgan fingerprint density at radius 1 is 1.18 bits per heavy atom. The van der Waals surface area contributed by atoms with Crippen LogP contribution in [0.25, 0.3) is 17.0 Å². The molecule has 0 amide bonds. The Morgan fingerprint density at radius 3 is 2.61 bits per heavy atom. The molecule has 3 rings (SSSR count). The van der Waals surface area contributed by atoms with Crippen molar-refractivity contribution in [1.29, 1.82) is 0 Å². The molecule has 9 heteroatoms. The van der Waals surface area contributed by atoms with Gasteiger partial charge in [-0.25, -0.2) is 9.55 Å². The summed E-state index contributed by atoms with van der Waals surface area (Å²) in [5, 5.41) is 0. The van der Waals surface area contributed by atoms with Crippen molar-refractivity contribution >= 4 is 22.8 Å². The van der Waals surface area contributed by atoms with Crippen LogP contribution in [0.4, 0.5) is 13.2 Å². The number of thioether (sulfide) groups is 1. The quantitative estimate of drug-likeness (QED) is 0.284. The van der Waals surface area contributed by atoms with Gasteiger partial charge in [0.15, 0.2) is 5.52 Å². The lowest BCUT2D eigenvalue weighted by molar-refractivity contribution is -0.610. The van der Waals surface area contributed by atoms with Crippen LogP contribution in [-0.4, -0.2) is 35.0 Å². The Kier molecular flexibility index (Phi) is 7.95. The van der Waals surface area contributed by atoms with Gasteiger partial charge < -0.3 is 9.47 Å². The molecule has 0 spiro atoms. The van der Waals surface area contributed by atoms with Gasteiger partial charge in [0, 0.05) is 29.7 Å². The molecule has 180 valence electrons. The summed E-state index contributed by atoms with van der Waals surface area (Å²) in [6.45, 7) is 9.01. The standard InChI is InChI=1S/C24H31F3N3O2S/c1-6-7-12-32-23(3,4)15-33-14-20-16(2)21(31-5)10-11-30(20)22-28-18-9-8-17(24(25,26)27)13-19(18)29-22/h8-11,13H,6-7,12,14-15H2,1-5H3,(H,28,29)/q+1. The number of imidazole rings is 1. The first-order chi connectivity index (χ1) is 15.6. The first kappa shape index (κ1) is 25.4. The number of unbranched alkanes of at least 4 members (excludes halogenated alkanes) is 1. The molecule has 0 atom stereocenters. The number of aromatic nitrogens is 3. The zero-order valence-corrected chi connectivity index (χ0v) is 20.5. The summed E-state index contributed by atoms with van der Waals surface area (Å²) >= 11 is 1.73. The van der Waals surface area contributed by atoms with Crippen LogP contribution >= 0.6 is 11.8 Å². The number of nitrogens with zero attached hydrogens (tertiary/aromatic N) is 2. The number of nitrogens with one attached hydrogen (secondary N) is 1. The van der Waals surface area contributed by atoms with Crippen molar-refractivity contribution in [3.8, 4) is 11.7 Å². The average Bonchev–Trinajstić information content (AvgIpc) is 3.17. The Balaban J connectivity index is 1.89. The maximum atomic E-state index is 13.1. The van der Waals surface area contributed by atoms with Crippen LogP contribution in [0.3, 0.4) is 0 Å². The van der Waals surface area contributed by atoms with E-state index in [0.29, 0.717) is 22.7 Å². The predicted molar refractivity (Wildman–Crippen MR) is 125 cm³/mol. The summed E-state index contributed by atoms with van der Waals surface area (Å²) in [4.78, 5) is 7.58. The van der Waals surface area contributed by atoms with E-state index in [0.717, 1.165) is 54.3 Å². The number of benzene rings is 1. The summed E-state index contributed by atoms with van der Waals surface area (Å²) in [5.41, 5.74) is 1.76. The van der Waals surface area contributed by atoms with Gasteiger partial charge in [-0.15, -0.1) is 0 Å². The summed E-state index contributed by atoms with van der Waals surface area (Å²) in [7, 11) is 1.62. The third-order valence-electron chi connectivity index (χ3n) is 5.39. The van der Waals surface area contributed by atoms with Crippen molar-refractivity contribution in [2.45, 2.75) is 58.1 Å². The van der Waals surface area contributed by atoms with E-state index in [1.807, 2.05) is 23.8 Å². The highest BCUT2D eigenvalue weighted by Crippen LogP contribution is 2.31. The van der Waals surface area contributed by atoms with Crippen molar-refractivity contribution in [2.75, 3.05) is 19.5 Å².